The number of hydrogen-bond acceptors (Lipinski definition) is 2. The van der Waals surface area contributed by atoms with E-state index in [1.54, 1.807) is 24.3 Å². The van der Waals surface area contributed by atoms with E-state index in [2.05, 4.69) is 15.9 Å². The molecule has 3 aromatic rings. The van der Waals surface area contributed by atoms with Crippen LogP contribution in [0.5, 0.6) is 0 Å². The van der Waals surface area contributed by atoms with Crippen molar-refractivity contribution in [1.82, 2.24) is 0 Å². The second-order valence-electron chi connectivity index (χ2n) is 4.73. The monoisotopic (exact) mass is 346 g/mol. The van der Waals surface area contributed by atoms with Gasteiger partial charge in [-0.15, -0.1) is 0 Å². The Kier molecular flexibility index (Phi) is 3.64. The third-order valence-electron chi connectivity index (χ3n) is 3.38. The van der Waals surface area contributed by atoms with Gasteiger partial charge in [0.1, 0.15) is 17.2 Å². The molecule has 1 aromatic heterocycles. The van der Waals surface area contributed by atoms with Crippen LogP contribution >= 0.6 is 15.9 Å². The van der Waals surface area contributed by atoms with E-state index in [0.29, 0.717) is 34.3 Å². The molecule has 0 spiro atoms. The predicted molar refractivity (Wildman–Crippen MR) is 85.0 cm³/mol. The largest absolute Gasteiger partial charge is 0.460 e. The highest BCUT2D eigenvalue weighted by molar-refractivity contribution is 9.10. The first kappa shape index (κ1) is 14.0. The summed E-state index contributed by atoms with van der Waals surface area (Å²) in [5, 5.41) is 0.515. The fourth-order valence-corrected chi connectivity index (χ4v) is 2.73. The minimum Gasteiger partial charge on any atom is -0.460 e. The van der Waals surface area contributed by atoms with Crippen LogP contribution in [-0.2, 0) is 6.42 Å². The molecular formula is C17H12BrFO2. The van der Waals surface area contributed by atoms with Crippen LogP contribution in [0.25, 0.3) is 22.1 Å². The Labute approximate surface area is 129 Å². The minimum absolute atomic E-state index is 0.0963. The summed E-state index contributed by atoms with van der Waals surface area (Å²) in [7, 11) is 0. The molecule has 21 heavy (non-hydrogen) atoms. The maximum Gasteiger partial charge on any atom is 0.200 e. The van der Waals surface area contributed by atoms with Gasteiger partial charge in [-0.1, -0.05) is 35.0 Å². The van der Waals surface area contributed by atoms with Crippen molar-refractivity contribution in [2.75, 3.05) is 0 Å². The normalized spacial score (nSPS) is 11.0. The summed E-state index contributed by atoms with van der Waals surface area (Å²) in [6, 6.07) is 11.2. The maximum atomic E-state index is 13.1. The van der Waals surface area contributed by atoms with Crippen molar-refractivity contribution in [3.8, 4) is 11.1 Å². The van der Waals surface area contributed by atoms with Crippen molar-refractivity contribution in [3.05, 3.63) is 68.7 Å². The van der Waals surface area contributed by atoms with E-state index < -0.39 is 0 Å². The van der Waals surface area contributed by atoms with Crippen molar-refractivity contribution in [3.63, 3.8) is 0 Å². The Morgan fingerprint density at radius 3 is 2.52 bits per heavy atom. The summed E-state index contributed by atoms with van der Waals surface area (Å²) < 4.78 is 19.7. The van der Waals surface area contributed by atoms with Crippen molar-refractivity contribution in [2.45, 2.75) is 13.3 Å². The van der Waals surface area contributed by atoms with E-state index in [0.717, 1.165) is 4.47 Å². The maximum absolute atomic E-state index is 13.1. The molecule has 0 aliphatic carbocycles. The number of benzene rings is 2. The Bertz CT molecular complexity index is 866. The van der Waals surface area contributed by atoms with Crippen LogP contribution in [0.3, 0.4) is 0 Å². The molecule has 0 fully saturated rings. The molecule has 0 saturated carbocycles. The zero-order valence-corrected chi connectivity index (χ0v) is 12.9. The smallest absolute Gasteiger partial charge is 0.200 e. The molecule has 0 bridgehead atoms. The van der Waals surface area contributed by atoms with Gasteiger partial charge >= 0.3 is 0 Å². The summed E-state index contributed by atoms with van der Waals surface area (Å²) in [4.78, 5) is 12.8. The molecule has 0 amide bonds. The van der Waals surface area contributed by atoms with Gasteiger partial charge in [0.15, 0.2) is 0 Å². The van der Waals surface area contributed by atoms with Crippen LogP contribution < -0.4 is 5.43 Å². The van der Waals surface area contributed by atoms with E-state index in [1.165, 1.54) is 12.1 Å². The number of hydrogen-bond donors (Lipinski definition) is 0. The second kappa shape index (κ2) is 5.45. The average Bonchev–Trinajstić information content (AvgIpc) is 2.49. The molecule has 3 rings (SSSR count). The molecule has 0 aliphatic heterocycles. The molecule has 2 nitrogen and oxygen atoms in total. The van der Waals surface area contributed by atoms with Gasteiger partial charge < -0.3 is 4.42 Å². The molecule has 0 atom stereocenters. The van der Waals surface area contributed by atoms with Crippen LogP contribution in [0.2, 0.25) is 0 Å². The quantitative estimate of drug-likeness (QED) is 0.658. The van der Waals surface area contributed by atoms with Crippen molar-refractivity contribution >= 4 is 26.9 Å². The molecule has 106 valence electrons. The van der Waals surface area contributed by atoms with Crippen LogP contribution in [-0.4, -0.2) is 0 Å². The van der Waals surface area contributed by atoms with Crippen LogP contribution in [0.15, 0.2) is 56.1 Å². The predicted octanol–water partition coefficient (Wildman–Crippen LogP) is 4.92. The van der Waals surface area contributed by atoms with Crippen molar-refractivity contribution in [2.24, 2.45) is 0 Å². The number of rotatable bonds is 2. The first-order valence-corrected chi connectivity index (χ1v) is 7.40. The average molecular weight is 347 g/mol. The zero-order chi connectivity index (χ0) is 15.0. The Balaban J connectivity index is 2.37. The van der Waals surface area contributed by atoms with Crippen LogP contribution in [0.4, 0.5) is 4.39 Å². The van der Waals surface area contributed by atoms with Gasteiger partial charge in [-0.2, -0.15) is 0 Å². The fourth-order valence-electron chi connectivity index (χ4n) is 2.37. The number of aryl methyl sites for hydroxylation is 1. The highest BCUT2D eigenvalue weighted by Gasteiger charge is 2.15. The molecule has 4 heteroatoms. The lowest BCUT2D eigenvalue weighted by atomic mass is 10.0. The molecule has 0 radical (unpaired) electrons. The summed E-state index contributed by atoms with van der Waals surface area (Å²) >= 11 is 3.36. The first-order chi connectivity index (χ1) is 10.1. The highest BCUT2D eigenvalue weighted by Crippen LogP contribution is 2.26. The summed E-state index contributed by atoms with van der Waals surface area (Å²) in [6.45, 7) is 1.93. The van der Waals surface area contributed by atoms with E-state index >= 15 is 0 Å². The van der Waals surface area contributed by atoms with Gasteiger partial charge in [-0.25, -0.2) is 4.39 Å². The topological polar surface area (TPSA) is 30.2 Å². The SMILES string of the molecule is CCc1oc2ccc(Br)cc2c(=O)c1-c1ccc(F)cc1. The zero-order valence-electron chi connectivity index (χ0n) is 11.3. The molecule has 0 aliphatic rings. The summed E-state index contributed by atoms with van der Waals surface area (Å²) in [6.07, 6.45) is 0.591. The van der Waals surface area contributed by atoms with Gasteiger partial charge in [-0.05, 0) is 35.9 Å². The first-order valence-electron chi connectivity index (χ1n) is 6.61. The second-order valence-corrected chi connectivity index (χ2v) is 5.65. The van der Waals surface area contributed by atoms with Crippen LogP contribution in [0.1, 0.15) is 12.7 Å². The Morgan fingerprint density at radius 2 is 1.86 bits per heavy atom. The van der Waals surface area contributed by atoms with Crippen molar-refractivity contribution in [1.29, 1.82) is 0 Å². The molecule has 0 saturated heterocycles. The molecule has 0 unspecified atom stereocenters. The van der Waals surface area contributed by atoms with E-state index in [9.17, 15) is 9.18 Å². The van der Waals surface area contributed by atoms with E-state index in [1.807, 2.05) is 13.0 Å². The number of halogens is 2. The number of fused-ring (bicyclic) bond motifs is 1. The van der Waals surface area contributed by atoms with Gasteiger partial charge in [-0.3, -0.25) is 4.79 Å². The van der Waals surface area contributed by atoms with Gasteiger partial charge in [0.25, 0.3) is 0 Å². The van der Waals surface area contributed by atoms with Gasteiger partial charge in [0.05, 0.1) is 10.9 Å². The van der Waals surface area contributed by atoms with E-state index in [-0.39, 0.29) is 11.2 Å². The molecule has 0 N–H and O–H groups in total. The third kappa shape index (κ3) is 2.51. The fraction of sp³-hybridized carbons (Fsp3) is 0.118. The van der Waals surface area contributed by atoms with E-state index in [4.69, 9.17) is 4.42 Å². The molecular weight excluding hydrogens is 335 g/mol. The highest BCUT2D eigenvalue weighted by atomic mass is 79.9. The minimum atomic E-state index is -0.329. The Morgan fingerprint density at radius 1 is 1.14 bits per heavy atom. The van der Waals surface area contributed by atoms with Crippen molar-refractivity contribution < 1.29 is 8.81 Å². The lowest BCUT2D eigenvalue weighted by Crippen LogP contribution is -2.08. The summed E-state index contributed by atoms with van der Waals surface area (Å²) in [5.41, 5.74) is 1.64. The van der Waals surface area contributed by atoms with Gasteiger partial charge in [0.2, 0.25) is 5.43 Å². The van der Waals surface area contributed by atoms with Crippen LogP contribution in [0, 0.1) is 5.82 Å². The molecule has 1 heterocycles. The lowest BCUT2D eigenvalue weighted by Gasteiger charge is -2.09. The standard InChI is InChI=1S/C17H12BrFO2/c1-2-14-16(10-3-6-12(19)7-4-10)17(20)13-9-11(18)5-8-15(13)21-14/h3-9H,2H2,1H3. The summed E-state index contributed by atoms with van der Waals surface area (Å²) in [5.74, 6) is 0.283. The third-order valence-corrected chi connectivity index (χ3v) is 3.87. The van der Waals surface area contributed by atoms with Gasteiger partial charge in [0, 0.05) is 10.9 Å². The molecule has 2 aromatic carbocycles. The Hall–Kier alpha value is -1.94. The lowest BCUT2D eigenvalue weighted by molar-refractivity contribution is 0.546.